The molecule has 0 bridgehead atoms. The number of nitrogens with one attached hydrogen (secondary N) is 2. The first-order valence-electron chi connectivity index (χ1n) is 6.42. The lowest BCUT2D eigenvalue weighted by molar-refractivity contribution is 0.102. The van der Waals surface area contributed by atoms with Crippen LogP contribution in [0, 0.1) is 5.82 Å². The number of H-pyrrole nitrogens is 1. The molecule has 0 saturated heterocycles. The fraction of sp³-hybridized carbons (Fsp3) is 0.286. The van der Waals surface area contributed by atoms with Gasteiger partial charge in [0.2, 0.25) is 0 Å². The maximum atomic E-state index is 13.6. The van der Waals surface area contributed by atoms with E-state index in [1.54, 1.807) is 0 Å². The van der Waals surface area contributed by atoms with Gasteiger partial charge in [-0.25, -0.2) is 4.39 Å². The second-order valence-corrected chi connectivity index (χ2v) is 4.86. The highest BCUT2D eigenvalue weighted by molar-refractivity contribution is 6.06. The van der Waals surface area contributed by atoms with Crippen LogP contribution in [-0.2, 0) is 0 Å². The first-order chi connectivity index (χ1) is 9.93. The quantitative estimate of drug-likeness (QED) is 0.807. The molecular formula is C14H17FN4O2. The number of halogens is 1. The third-order valence-electron chi connectivity index (χ3n) is 3.04. The minimum atomic E-state index is -0.562. The summed E-state index contributed by atoms with van der Waals surface area (Å²) in [5.74, 6) is -0.833. The molecule has 0 unspecified atom stereocenters. The number of rotatable bonds is 4. The average Bonchev–Trinajstić information content (AvgIpc) is 2.81. The van der Waals surface area contributed by atoms with Gasteiger partial charge in [-0.05, 0) is 18.1 Å². The van der Waals surface area contributed by atoms with Gasteiger partial charge in [0, 0.05) is 11.8 Å². The summed E-state index contributed by atoms with van der Waals surface area (Å²) in [7, 11) is 1.37. The molecular weight excluding hydrogens is 275 g/mol. The number of methoxy groups -OCH3 is 1. The molecule has 2 rings (SSSR count). The van der Waals surface area contributed by atoms with E-state index in [1.165, 1.54) is 25.3 Å². The summed E-state index contributed by atoms with van der Waals surface area (Å²) in [6, 6.07) is 4.13. The van der Waals surface area contributed by atoms with Gasteiger partial charge in [-0.3, -0.25) is 9.89 Å². The zero-order valence-electron chi connectivity index (χ0n) is 12.0. The molecule has 0 fully saturated rings. The van der Waals surface area contributed by atoms with Gasteiger partial charge in [0.25, 0.3) is 5.91 Å². The van der Waals surface area contributed by atoms with E-state index in [0.29, 0.717) is 17.1 Å². The number of carbonyl (C=O) groups is 1. The molecule has 0 spiro atoms. The van der Waals surface area contributed by atoms with Gasteiger partial charge in [-0.15, -0.1) is 0 Å². The van der Waals surface area contributed by atoms with E-state index in [0.717, 1.165) is 0 Å². The molecule has 1 aromatic heterocycles. The third kappa shape index (κ3) is 2.96. The van der Waals surface area contributed by atoms with Crippen molar-refractivity contribution in [1.29, 1.82) is 0 Å². The number of hydrogen-bond donors (Lipinski definition) is 3. The van der Waals surface area contributed by atoms with Crippen molar-refractivity contribution in [3.05, 3.63) is 35.4 Å². The molecule has 21 heavy (non-hydrogen) atoms. The Bertz CT molecular complexity index is 667. The Kier molecular flexibility index (Phi) is 4.11. The van der Waals surface area contributed by atoms with Crippen molar-refractivity contribution in [1.82, 2.24) is 10.2 Å². The second kappa shape index (κ2) is 5.82. The van der Waals surface area contributed by atoms with Gasteiger partial charge < -0.3 is 15.8 Å². The summed E-state index contributed by atoms with van der Waals surface area (Å²) in [5.41, 5.74) is 7.27. The Morgan fingerprint density at radius 2 is 2.19 bits per heavy atom. The Hall–Kier alpha value is -2.57. The summed E-state index contributed by atoms with van der Waals surface area (Å²) < 4.78 is 18.4. The molecule has 1 amide bonds. The fourth-order valence-electron chi connectivity index (χ4n) is 1.91. The van der Waals surface area contributed by atoms with Crippen molar-refractivity contribution in [2.75, 3.05) is 18.2 Å². The van der Waals surface area contributed by atoms with Crippen molar-refractivity contribution in [2.24, 2.45) is 0 Å². The van der Waals surface area contributed by atoms with Gasteiger partial charge in [0.15, 0.2) is 17.3 Å². The molecule has 0 aliphatic carbocycles. The predicted octanol–water partition coefficient (Wildman–Crippen LogP) is 2.52. The summed E-state index contributed by atoms with van der Waals surface area (Å²) >= 11 is 0. The van der Waals surface area contributed by atoms with Crippen molar-refractivity contribution >= 4 is 17.3 Å². The number of anilines is 2. The molecule has 0 atom stereocenters. The Balaban J connectivity index is 2.20. The molecule has 0 radical (unpaired) electrons. The number of nitrogens with zero attached hydrogens (tertiary/aromatic N) is 1. The van der Waals surface area contributed by atoms with E-state index in [2.05, 4.69) is 15.5 Å². The van der Waals surface area contributed by atoms with Crippen LogP contribution in [0.1, 0.15) is 35.9 Å². The normalized spacial score (nSPS) is 10.7. The van der Waals surface area contributed by atoms with Crippen LogP contribution in [0.3, 0.4) is 0 Å². The lowest BCUT2D eigenvalue weighted by atomic mass is 10.1. The predicted molar refractivity (Wildman–Crippen MR) is 78.0 cm³/mol. The van der Waals surface area contributed by atoms with Crippen molar-refractivity contribution in [3.8, 4) is 5.75 Å². The van der Waals surface area contributed by atoms with Crippen molar-refractivity contribution in [2.45, 2.75) is 19.8 Å². The molecule has 4 N–H and O–H groups in total. The molecule has 112 valence electrons. The van der Waals surface area contributed by atoms with E-state index < -0.39 is 11.7 Å². The van der Waals surface area contributed by atoms with Crippen LogP contribution in [-0.4, -0.2) is 23.2 Å². The van der Waals surface area contributed by atoms with Gasteiger partial charge in [0.1, 0.15) is 0 Å². The lowest BCUT2D eigenvalue weighted by Crippen LogP contribution is -2.14. The lowest BCUT2D eigenvalue weighted by Gasteiger charge is -2.07. The molecule has 2 aromatic rings. The molecule has 1 heterocycles. The Morgan fingerprint density at radius 3 is 2.71 bits per heavy atom. The number of benzene rings is 1. The van der Waals surface area contributed by atoms with Crippen LogP contribution in [0.25, 0.3) is 0 Å². The number of nitrogens with two attached hydrogens (primary N) is 1. The van der Waals surface area contributed by atoms with E-state index in [-0.39, 0.29) is 17.4 Å². The zero-order valence-corrected chi connectivity index (χ0v) is 12.0. The van der Waals surface area contributed by atoms with Crippen LogP contribution < -0.4 is 15.8 Å². The highest BCUT2D eigenvalue weighted by atomic mass is 19.1. The highest BCUT2D eigenvalue weighted by Gasteiger charge is 2.19. The third-order valence-corrected chi connectivity index (χ3v) is 3.04. The van der Waals surface area contributed by atoms with E-state index in [9.17, 15) is 9.18 Å². The number of ether oxygens (including phenoxy) is 1. The van der Waals surface area contributed by atoms with E-state index in [1.807, 2.05) is 13.8 Å². The first-order valence-corrected chi connectivity index (χ1v) is 6.42. The number of hydrogen-bond acceptors (Lipinski definition) is 4. The standard InChI is InChI=1S/C14H17FN4O2/c1-7(2)12-11(16)13(19-18-12)14(20)17-8-4-5-10(21-3)9(15)6-8/h4-7H,16H2,1-3H3,(H,17,20)(H,18,19). The van der Waals surface area contributed by atoms with Gasteiger partial charge >= 0.3 is 0 Å². The molecule has 0 saturated carbocycles. The fourth-order valence-corrected chi connectivity index (χ4v) is 1.91. The van der Waals surface area contributed by atoms with Crippen LogP contribution in [0.2, 0.25) is 0 Å². The highest BCUT2D eigenvalue weighted by Crippen LogP contribution is 2.24. The van der Waals surface area contributed by atoms with E-state index >= 15 is 0 Å². The van der Waals surface area contributed by atoms with Gasteiger partial charge in [-0.2, -0.15) is 5.10 Å². The Labute approximate surface area is 121 Å². The minimum Gasteiger partial charge on any atom is -0.494 e. The molecule has 6 nitrogen and oxygen atoms in total. The topological polar surface area (TPSA) is 93.0 Å². The van der Waals surface area contributed by atoms with Gasteiger partial charge in [0.05, 0.1) is 18.5 Å². The van der Waals surface area contributed by atoms with Crippen LogP contribution in [0.4, 0.5) is 15.8 Å². The number of nitrogen functional groups attached to an aromatic ring is 1. The molecule has 0 aliphatic heterocycles. The van der Waals surface area contributed by atoms with Crippen molar-refractivity contribution in [3.63, 3.8) is 0 Å². The van der Waals surface area contributed by atoms with Gasteiger partial charge in [-0.1, -0.05) is 13.8 Å². The minimum absolute atomic E-state index is 0.0925. The van der Waals surface area contributed by atoms with E-state index in [4.69, 9.17) is 10.5 Å². The number of carbonyl (C=O) groups excluding carboxylic acids is 1. The molecule has 7 heteroatoms. The molecule has 1 aromatic carbocycles. The second-order valence-electron chi connectivity index (χ2n) is 4.86. The Morgan fingerprint density at radius 1 is 1.48 bits per heavy atom. The summed E-state index contributed by atoms with van der Waals surface area (Å²) in [5, 5.41) is 9.20. The van der Waals surface area contributed by atoms with Crippen LogP contribution in [0.5, 0.6) is 5.75 Å². The maximum Gasteiger partial charge on any atom is 0.278 e. The molecule has 0 aliphatic rings. The zero-order chi connectivity index (χ0) is 15.6. The van der Waals surface area contributed by atoms with Crippen LogP contribution >= 0.6 is 0 Å². The average molecular weight is 292 g/mol. The smallest absolute Gasteiger partial charge is 0.278 e. The first kappa shape index (κ1) is 14.8. The summed E-state index contributed by atoms with van der Waals surface area (Å²) in [4.78, 5) is 12.1. The van der Waals surface area contributed by atoms with Crippen molar-refractivity contribution < 1.29 is 13.9 Å². The number of amides is 1. The maximum absolute atomic E-state index is 13.6. The summed E-state index contributed by atoms with van der Waals surface area (Å²) in [6.07, 6.45) is 0. The number of aromatic amines is 1. The van der Waals surface area contributed by atoms with Crippen LogP contribution in [0.15, 0.2) is 18.2 Å². The SMILES string of the molecule is COc1ccc(NC(=O)c2n[nH]c(C(C)C)c2N)cc1F. The monoisotopic (exact) mass is 292 g/mol. The largest absolute Gasteiger partial charge is 0.494 e. The number of aromatic nitrogens is 2. The summed E-state index contributed by atoms with van der Waals surface area (Å²) in [6.45, 7) is 3.87.